The van der Waals surface area contributed by atoms with Crippen LogP contribution in [0.5, 0.6) is 5.75 Å². The Hall–Kier alpha value is -3.58. The van der Waals surface area contributed by atoms with Gasteiger partial charge in [-0.15, -0.1) is 10.2 Å². The van der Waals surface area contributed by atoms with Gasteiger partial charge in [-0.2, -0.15) is 0 Å². The van der Waals surface area contributed by atoms with E-state index in [2.05, 4.69) is 60.6 Å². The molecule has 0 radical (unpaired) electrons. The van der Waals surface area contributed by atoms with Crippen molar-refractivity contribution in [2.75, 3.05) is 18.2 Å². The first-order valence-electron chi connectivity index (χ1n) is 11.7. The second-order valence-electron chi connectivity index (χ2n) is 8.47. The van der Waals surface area contributed by atoms with E-state index >= 15 is 0 Å². The van der Waals surface area contributed by atoms with Gasteiger partial charge in [-0.05, 0) is 73.4 Å². The minimum absolute atomic E-state index is 0.0873. The van der Waals surface area contributed by atoms with Gasteiger partial charge in [0.25, 0.3) is 0 Å². The lowest BCUT2D eigenvalue weighted by molar-refractivity contribution is -0.113. The summed E-state index contributed by atoms with van der Waals surface area (Å²) in [6.45, 7) is 6.43. The number of hydrogen-bond donors (Lipinski definition) is 1. The highest BCUT2D eigenvalue weighted by molar-refractivity contribution is 7.99. The standard InChI is InChI=1S/C28H30N4O2S/c1-5-20(3)21-8-12-23(13-9-21)29-26(33)18-35-28-31-30-27(22-10-16-25(34-4)17-11-22)32(28)24-14-6-19(2)7-15-24/h6-17,20H,5,18H2,1-4H3,(H,29,33). The zero-order valence-electron chi connectivity index (χ0n) is 20.5. The first kappa shape index (κ1) is 24.5. The first-order valence-corrected chi connectivity index (χ1v) is 12.7. The summed E-state index contributed by atoms with van der Waals surface area (Å²) in [6, 6.07) is 24.0. The van der Waals surface area contributed by atoms with E-state index in [1.54, 1.807) is 7.11 Å². The van der Waals surface area contributed by atoms with Crippen molar-refractivity contribution in [1.82, 2.24) is 14.8 Å². The van der Waals surface area contributed by atoms with Crippen LogP contribution in [0.4, 0.5) is 5.69 Å². The fourth-order valence-electron chi connectivity index (χ4n) is 3.67. The number of hydrogen-bond acceptors (Lipinski definition) is 5. The van der Waals surface area contributed by atoms with Crippen molar-refractivity contribution in [3.63, 3.8) is 0 Å². The fourth-order valence-corrected chi connectivity index (χ4v) is 4.43. The van der Waals surface area contributed by atoms with E-state index in [1.165, 1.54) is 22.9 Å². The van der Waals surface area contributed by atoms with Crippen LogP contribution in [-0.2, 0) is 4.79 Å². The predicted molar refractivity (Wildman–Crippen MR) is 143 cm³/mol. The van der Waals surface area contributed by atoms with Crippen LogP contribution in [0, 0.1) is 6.92 Å². The molecule has 180 valence electrons. The fraction of sp³-hybridized carbons (Fsp3) is 0.250. The van der Waals surface area contributed by atoms with E-state index in [-0.39, 0.29) is 11.7 Å². The van der Waals surface area contributed by atoms with E-state index in [0.717, 1.165) is 29.1 Å². The van der Waals surface area contributed by atoms with Gasteiger partial charge in [-0.25, -0.2) is 0 Å². The second kappa shape index (κ2) is 11.2. The maximum Gasteiger partial charge on any atom is 0.234 e. The van der Waals surface area contributed by atoms with Gasteiger partial charge in [0.2, 0.25) is 5.91 Å². The number of ether oxygens (including phenoxy) is 1. The number of rotatable bonds is 9. The summed E-state index contributed by atoms with van der Waals surface area (Å²) in [5, 5.41) is 12.5. The van der Waals surface area contributed by atoms with Gasteiger partial charge in [-0.1, -0.05) is 55.4 Å². The summed E-state index contributed by atoms with van der Waals surface area (Å²) in [5.74, 6) is 2.12. The van der Waals surface area contributed by atoms with Crippen molar-refractivity contribution in [2.45, 2.75) is 38.3 Å². The van der Waals surface area contributed by atoms with Crippen molar-refractivity contribution >= 4 is 23.4 Å². The Balaban J connectivity index is 1.53. The maximum absolute atomic E-state index is 12.7. The smallest absolute Gasteiger partial charge is 0.234 e. The largest absolute Gasteiger partial charge is 0.497 e. The molecule has 3 aromatic carbocycles. The Kier molecular flexibility index (Phi) is 7.87. The number of anilines is 1. The molecule has 0 saturated carbocycles. The van der Waals surface area contributed by atoms with E-state index in [1.807, 2.05) is 53.1 Å². The highest BCUT2D eigenvalue weighted by Gasteiger charge is 2.17. The van der Waals surface area contributed by atoms with Crippen LogP contribution in [0.1, 0.15) is 37.3 Å². The second-order valence-corrected chi connectivity index (χ2v) is 9.42. The summed E-state index contributed by atoms with van der Waals surface area (Å²) in [6.07, 6.45) is 1.09. The molecule has 4 rings (SSSR count). The number of aryl methyl sites for hydroxylation is 1. The van der Waals surface area contributed by atoms with Crippen LogP contribution in [-0.4, -0.2) is 33.5 Å². The molecule has 1 amide bonds. The lowest BCUT2D eigenvalue weighted by Crippen LogP contribution is -2.14. The Morgan fingerprint density at radius 1 is 1.00 bits per heavy atom. The van der Waals surface area contributed by atoms with Crippen LogP contribution >= 0.6 is 11.8 Å². The number of aromatic nitrogens is 3. The van der Waals surface area contributed by atoms with Gasteiger partial charge in [0, 0.05) is 16.9 Å². The first-order chi connectivity index (χ1) is 17.0. The maximum atomic E-state index is 12.7. The number of amides is 1. The lowest BCUT2D eigenvalue weighted by Gasteiger charge is -2.12. The quantitative estimate of drug-likeness (QED) is 0.274. The highest BCUT2D eigenvalue weighted by atomic mass is 32.2. The molecule has 0 fully saturated rings. The summed E-state index contributed by atoms with van der Waals surface area (Å²) in [5.41, 5.74) is 5.09. The minimum Gasteiger partial charge on any atom is -0.497 e. The van der Waals surface area contributed by atoms with Gasteiger partial charge in [0.15, 0.2) is 11.0 Å². The Morgan fingerprint density at radius 2 is 1.69 bits per heavy atom. The third-order valence-electron chi connectivity index (χ3n) is 5.98. The van der Waals surface area contributed by atoms with Gasteiger partial charge in [0.05, 0.1) is 12.9 Å². The van der Waals surface area contributed by atoms with Crippen LogP contribution < -0.4 is 10.1 Å². The van der Waals surface area contributed by atoms with Crippen molar-refractivity contribution in [1.29, 1.82) is 0 Å². The molecule has 0 spiro atoms. The normalized spacial score (nSPS) is 11.8. The summed E-state index contributed by atoms with van der Waals surface area (Å²) in [7, 11) is 1.64. The van der Waals surface area contributed by atoms with Gasteiger partial charge >= 0.3 is 0 Å². The van der Waals surface area contributed by atoms with E-state index in [9.17, 15) is 4.79 Å². The van der Waals surface area contributed by atoms with E-state index < -0.39 is 0 Å². The molecular weight excluding hydrogens is 456 g/mol. The Labute approximate surface area is 210 Å². The molecule has 0 aliphatic carbocycles. The molecule has 1 N–H and O–H groups in total. The SMILES string of the molecule is CCC(C)c1ccc(NC(=O)CSc2nnc(-c3ccc(OC)cc3)n2-c2ccc(C)cc2)cc1. The lowest BCUT2D eigenvalue weighted by atomic mass is 9.99. The number of nitrogens with one attached hydrogen (secondary N) is 1. The summed E-state index contributed by atoms with van der Waals surface area (Å²) in [4.78, 5) is 12.7. The number of thioether (sulfide) groups is 1. The van der Waals surface area contributed by atoms with Crippen LogP contribution in [0.25, 0.3) is 17.1 Å². The molecule has 0 aliphatic heterocycles. The molecule has 1 atom stereocenters. The summed E-state index contributed by atoms with van der Waals surface area (Å²) >= 11 is 1.36. The molecule has 0 bridgehead atoms. The molecule has 7 heteroatoms. The van der Waals surface area contributed by atoms with Gasteiger partial charge in [0.1, 0.15) is 5.75 Å². The number of carbonyl (C=O) groups is 1. The molecule has 1 aromatic heterocycles. The van der Waals surface area contributed by atoms with Crippen LogP contribution in [0.15, 0.2) is 78.0 Å². The molecule has 4 aromatic rings. The zero-order chi connectivity index (χ0) is 24.8. The van der Waals surface area contributed by atoms with Crippen LogP contribution in [0.2, 0.25) is 0 Å². The highest BCUT2D eigenvalue weighted by Crippen LogP contribution is 2.29. The molecule has 0 saturated heterocycles. The molecule has 35 heavy (non-hydrogen) atoms. The van der Waals surface area contributed by atoms with Gasteiger partial charge in [-0.3, -0.25) is 9.36 Å². The molecule has 1 heterocycles. The third kappa shape index (κ3) is 5.92. The topological polar surface area (TPSA) is 69.0 Å². The zero-order valence-corrected chi connectivity index (χ0v) is 21.3. The van der Waals surface area contributed by atoms with E-state index in [0.29, 0.717) is 16.9 Å². The van der Waals surface area contributed by atoms with Gasteiger partial charge < -0.3 is 10.1 Å². The monoisotopic (exact) mass is 486 g/mol. The molecule has 1 unspecified atom stereocenters. The van der Waals surface area contributed by atoms with Crippen molar-refractivity contribution in [3.8, 4) is 22.8 Å². The van der Waals surface area contributed by atoms with Crippen molar-refractivity contribution < 1.29 is 9.53 Å². The molecular formula is C28H30N4O2S. The number of methoxy groups -OCH3 is 1. The third-order valence-corrected chi connectivity index (χ3v) is 6.91. The number of carbonyl (C=O) groups excluding carboxylic acids is 1. The molecule has 0 aliphatic rings. The van der Waals surface area contributed by atoms with Crippen molar-refractivity contribution in [2.24, 2.45) is 0 Å². The number of nitrogens with zero attached hydrogens (tertiary/aromatic N) is 3. The Morgan fingerprint density at radius 3 is 2.31 bits per heavy atom. The average molecular weight is 487 g/mol. The van der Waals surface area contributed by atoms with Crippen molar-refractivity contribution in [3.05, 3.63) is 83.9 Å². The minimum atomic E-state index is -0.0873. The number of benzene rings is 3. The van der Waals surface area contributed by atoms with Crippen LogP contribution in [0.3, 0.4) is 0 Å². The Bertz CT molecular complexity index is 1270. The van der Waals surface area contributed by atoms with E-state index in [4.69, 9.17) is 4.74 Å². The summed E-state index contributed by atoms with van der Waals surface area (Å²) < 4.78 is 7.27. The predicted octanol–water partition coefficient (Wildman–Crippen LogP) is 6.50. The molecule has 6 nitrogen and oxygen atoms in total. The average Bonchev–Trinajstić information content (AvgIpc) is 3.32.